The minimum Gasteiger partial charge on any atom is -0.448 e. The Morgan fingerprint density at radius 1 is 1.48 bits per heavy atom. The van der Waals surface area contributed by atoms with E-state index in [1.807, 2.05) is 38.1 Å². The molecule has 0 aromatic heterocycles. The van der Waals surface area contributed by atoms with Gasteiger partial charge in [-0.05, 0) is 31.0 Å². The molecule has 1 aliphatic heterocycles. The zero-order chi connectivity index (χ0) is 15.2. The molecule has 21 heavy (non-hydrogen) atoms. The molecule has 2 N–H and O–H groups in total. The van der Waals surface area contributed by atoms with Crippen LogP contribution in [0, 0.1) is 0 Å². The molecule has 0 saturated carbocycles. The van der Waals surface area contributed by atoms with E-state index < -0.39 is 0 Å². The van der Waals surface area contributed by atoms with Crippen molar-refractivity contribution in [3.63, 3.8) is 0 Å². The van der Waals surface area contributed by atoms with Crippen LogP contribution < -0.4 is 10.6 Å². The lowest BCUT2D eigenvalue weighted by Crippen LogP contribution is -2.35. The van der Waals surface area contributed by atoms with Gasteiger partial charge in [0.2, 0.25) is 0 Å². The number of nitrogens with one attached hydrogen (secondary N) is 2. The first kappa shape index (κ1) is 15.2. The van der Waals surface area contributed by atoms with Crippen LogP contribution in [0.2, 0.25) is 0 Å². The topological polar surface area (TPSA) is 70.7 Å². The molecule has 2 rings (SSSR count). The van der Waals surface area contributed by atoms with Crippen LogP contribution in [0.3, 0.4) is 0 Å². The number of amides is 3. The highest BCUT2D eigenvalue weighted by molar-refractivity contribution is 5.89. The zero-order valence-corrected chi connectivity index (χ0v) is 12.4. The number of benzene rings is 1. The van der Waals surface area contributed by atoms with Gasteiger partial charge in [-0.15, -0.1) is 0 Å². The van der Waals surface area contributed by atoms with Gasteiger partial charge in [0.05, 0.1) is 6.54 Å². The molecule has 0 bridgehead atoms. The molecule has 0 radical (unpaired) electrons. The Hall–Kier alpha value is -2.24. The Morgan fingerprint density at radius 3 is 2.95 bits per heavy atom. The molecule has 0 aliphatic carbocycles. The summed E-state index contributed by atoms with van der Waals surface area (Å²) >= 11 is 0. The summed E-state index contributed by atoms with van der Waals surface area (Å²) in [6.07, 6.45) is 0.590. The monoisotopic (exact) mass is 291 g/mol. The average molecular weight is 291 g/mol. The summed E-state index contributed by atoms with van der Waals surface area (Å²) in [6, 6.07) is 7.37. The number of nitrogens with zero attached hydrogens (tertiary/aromatic N) is 1. The van der Waals surface area contributed by atoms with E-state index in [2.05, 4.69) is 10.6 Å². The number of urea groups is 1. The molecule has 6 heteroatoms. The van der Waals surface area contributed by atoms with E-state index in [0.717, 1.165) is 12.0 Å². The molecular weight excluding hydrogens is 270 g/mol. The number of rotatable bonds is 5. The van der Waals surface area contributed by atoms with Crippen molar-refractivity contribution in [2.75, 3.05) is 18.5 Å². The first-order valence-electron chi connectivity index (χ1n) is 7.16. The highest BCUT2D eigenvalue weighted by atomic mass is 16.6. The lowest BCUT2D eigenvalue weighted by Gasteiger charge is -2.15. The Kier molecular flexibility index (Phi) is 5.03. The van der Waals surface area contributed by atoms with E-state index >= 15 is 0 Å². The highest BCUT2D eigenvalue weighted by Crippen LogP contribution is 2.15. The summed E-state index contributed by atoms with van der Waals surface area (Å²) in [4.78, 5) is 24.8. The first-order valence-corrected chi connectivity index (χ1v) is 7.16. The lowest BCUT2D eigenvalue weighted by molar-refractivity contribution is 0.157. The summed E-state index contributed by atoms with van der Waals surface area (Å²) in [5.41, 5.74) is 1.66. The molecule has 1 aromatic rings. The van der Waals surface area contributed by atoms with Gasteiger partial charge in [0, 0.05) is 18.3 Å². The fourth-order valence-electron chi connectivity index (χ4n) is 2.03. The van der Waals surface area contributed by atoms with Crippen LogP contribution in [0.15, 0.2) is 24.3 Å². The van der Waals surface area contributed by atoms with Crippen LogP contribution in [-0.2, 0) is 11.3 Å². The molecular formula is C15H21N3O3. The number of anilines is 1. The van der Waals surface area contributed by atoms with Crippen molar-refractivity contribution in [3.05, 3.63) is 29.8 Å². The van der Waals surface area contributed by atoms with Crippen LogP contribution in [-0.4, -0.2) is 36.2 Å². The molecule has 1 aromatic carbocycles. The van der Waals surface area contributed by atoms with Gasteiger partial charge < -0.3 is 20.3 Å². The second-order valence-electron chi connectivity index (χ2n) is 5.14. The largest absolute Gasteiger partial charge is 0.448 e. The molecule has 1 heterocycles. The first-order chi connectivity index (χ1) is 10.1. The predicted molar refractivity (Wildman–Crippen MR) is 80.1 cm³/mol. The number of carbonyl (C=O) groups is 2. The second kappa shape index (κ2) is 6.97. The molecule has 1 fully saturated rings. The van der Waals surface area contributed by atoms with Crippen LogP contribution in [0.25, 0.3) is 0 Å². The van der Waals surface area contributed by atoms with Gasteiger partial charge in [0.15, 0.2) is 0 Å². The standard InChI is InChI=1S/C15H21N3O3/c1-3-11(2)16-14(19)17-13-6-4-5-12(9-13)10-18-7-8-21-15(18)20/h4-6,9,11H,3,7-8,10H2,1-2H3,(H2,16,17,19). The molecule has 1 aliphatic rings. The van der Waals surface area contributed by atoms with E-state index in [1.54, 1.807) is 4.90 Å². The molecule has 114 valence electrons. The maximum absolute atomic E-state index is 11.8. The van der Waals surface area contributed by atoms with Crippen molar-refractivity contribution in [2.45, 2.75) is 32.9 Å². The molecule has 3 amide bonds. The third kappa shape index (κ3) is 4.37. The minimum atomic E-state index is -0.289. The lowest BCUT2D eigenvalue weighted by atomic mass is 10.2. The number of hydrogen-bond donors (Lipinski definition) is 2. The Labute approximate surface area is 124 Å². The van der Waals surface area contributed by atoms with Crippen LogP contribution in [0.1, 0.15) is 25.8 Å². The van der Waals surface area contributed by atoms with E-state index in [4.69, 9.17) is 4.74 Å². The summed E-state index contributed by atoms with van der Waals surface area (Å²) < 4.78 is 4.90. The second-order valence-corrected chi connectivity index (χ2v) is 5.14. The third-order valence-corrected chi connectivity index (χ3v) is 3.39. The maximum Gasteiger partial charge on any atom is 0.410 e. The van der Waals surface area contributed by atoms with Gasteiger partial charge in [-0.25, -0.2) is 9.59 Å². The van der Waals surface area contributed by atoms with Crippen molar-refractivity contribution in [2.24, 2.45) is 0 Å². The van der Waals surface area contributed by atoms with Crippen LogP contribution >= 0.6 is 0 Å². The molecule has 1 saturated heterocycles. The third-order valence-electron chi connectivity index (χ3n) is 3.39. The van der Waals surface area contributed by atoms with E-state index in [1.165, 1.54) is 0 Å². The fourth-order valence-corrected chi connectivity index (χ4v) is 2.03. The Morgan fingerprint density at radius 2 is 2.29 bits per heavy atom. The fraction of sp³-hybridized carbons (Fsp3) is 0.467. The minimum absolute atomic E-state index is 0.132. The SMILES string of the molecule is CCC(C)NC(=O)Nc1cccc(CN2CCOC2=O)c1. The Bertz CT molecular complexity index is 519. The van der Waals surface area contributed by atoms with Crippen molar-refractivity contribution in [3.8, 4) is 0 Å². The quantitative estimate of drug-likeness (QED) is 0.876. The smallest absolute Gasteiger partial charge is 0.410 e. The van der Waals surface area contributed by atoms with E-state index in [9.17, 15) is 9.59 Å². The highest BCUT2D eigenvalue weighted by Gasteiger charge is 2.21. The predicted octanol–water partition coefficient (Wildman–Crippen LogP) is 2.56. The van der Waals surface area contributed by atoms with Gasteiger partial charge in [-0.1, -0.05) is 19.1 Å². The summed E-state index contributed by atoms with van der Waals surface area (Å²) in [7, 11) is 0. The summed E-state index contributed by atoms with van der Waals surface area (Å²) in [5, 5.41) is 5.64. The van der Waals surface area contributed by atoms with Gasteiger partial charge in [-0.3, -0.25) is 0 Å². The van der Waals surface area contributed by atoms with Crippen molar-refractivity contribution in [1.29, 1.82) is 0 Å². The van der Waals surface area contributed by atoms with Gasteiger partial charge in [0.25, 0.3) is 0 Å². The van der Waals surface area contributed by atoms with Crippen LogP contribution in [0.5, 0.6) is 0 Å². The molecule has 1 unspecified atom stereocenters. The normalized spacial score (nSPS) is 15.5. The average Bonchev–Trinajstić information content (AvgIpc) is 2.84. The van der Waals surface area contributed by atoms with Gasteiger partial charge in [0.1, 0.15) is 6.61 Å². The summed E-state index contributed by atoms with van der Waals surface area (Å²) in [5.74, 6) is 0. The van der Waals surface area contributed by atoms with Crippen molar-refractivity contribution >= 4 is 17.8 Å². The van der Waals surface area contributed by atoms with Gasteiger partial charge >= 0.3 is 12.1 Å². The maximum atomic E-state index is 11.8. The zero-order valence-electron chi connectivity index (χ0n) is 12.4. The number of cyclic esters (lactones) is 1. The van der Waals surface area contributed by atoms with E-state index in [0.29, 0.717) is 25.4 Å². The molecule has 0 spiro atoms. The molecule has 1 atom stereocenters. The van der Waals surface area contributed by atoms with Gasteiger partial charge in [-0.2, -0.15) is 0 Å². The number of hydrogen-bond acceptors (Lipinski definition) is 3. The Balaban J connectivity index is 1.94. The summed E-state index contributed by atoms with van der Waals surface area (Å²) in [6.45, 7) is 5.50. The van der Waals surface area contributed by atoms with Crippen molar-refractivity contribution < 1.29 is 14.3 Å². The van der Waals surface area contributed by atoms with E-state index in [-0.39, 0.29) is 18.2 Å². The number of carbonyl (C=O) groups excluding carboxylic acids is 2. The van der Waals surface area contributed by atoms with Crippen molar-refractivity contribution in [1.82, 2.24) is 10.2 Å². The number of ether oxygens (including phenoxy) is 1. The van der Waals surface area contributed by atoms with Crippen LogP contribution in [0.4, 0.5) is 15.3 Å². The molecule has 6 nitrogen and oxygen atoms in total.